The van der Waals surface area contributed by atoms with Crippen molar-refractivity contribution in [3.63, 3.8) is 0 Å². The van der Waals surface area contributed by atoms with Crippen LogP contribution in [0.1, 0.15) is 42.6 Å². The fourth-order valence-electron chi connectivity index (χ4n) is 4.54. The molecular formula is C24H29F3N6O5. The molecular weight excluding hydrogens is 509 g/mol. The Morgan fingerprint density at radius 3 is 2.84 bits per heavy atom. The number of alkyl halides is 3. The lowest BCUT2D eigenvalue weighted by atomic mass is 10.1. The van der Waals surface area contributed by atoms with Gasteiger partial charge in [0.25, 0.3) is 5.56 Å². The largest absolute Gasteiger partial charge is 0.490 e. The number of ketones is 1. The number of carbonyl (C=O) groups excluding carboxylic acids is 2. The van der Waals surface area contributed by atoms with Crippen molar-refractivity contribution in [1.29, 1.82) is 0 Å². The van der Waals surface area contributed by atoms with Crippen molar-refractivity contribution in [2.45, 2.75) is 44.9 Å². The second-order valence-corrected chi connectivity index (χ2v) is 9.28. The van der Waals surface area contributed by atoms with Gasteiger partial charge in [-0.3, -0.25) is 14.4 Å². The number of hydrogen-bond donors (Lipinski definition) is 2. The minimum absolute atomic E-state index is 0.0141. The number of amides is 1. The molecule has 0 radical (unpaired) electrons. The van der Waals surface area contributed by atoms with E-state index in [0.717, 1.165) is 6.20 Å². The van der Waals surface area contributed by atoms with Crippen LogP contribution in [0.4, 0.5) is 24.7 Å². The molecule has 4 rings (SSSR count). The second-order valence-electron chi connectivity index (χ2n) is 9.28. The number of rotatable bonds is 8. The summed E-state index contributed by atoms with van der Waals surface area (Å²) in [7, 11) is 0. The highest BCUT2D eigenvalue weighted by molar-refractivity contribution is 5.94. The molecule has 2 atom stereocenters. The van der Waals surface area contributed by atoms with Gasteiger partial charge in [-0.15, -0.1) is 0 Å². The number of aromatic amines is 1. The van der Waals surface area contributed by atoms with Crippen LogP contribution in [-0.4, -0.2) is 83.3 Å². The number of aromatic nitrogens is 3. The van der Waals surface area contributed by atoms with Crippen LogP contribution >= 0.6 is 0 Å². The van der Waals surface area contributed by atoms with E-state index in [1.54, 1.807) is 23.0 Å². The van der Waals surface area contributed by atoms with E-state index in [2.05, 4.69) is 20.3 Å². The quantitative estimate of drug-likeness (QED) is 0.383. The van der Waals surface area contributed by atoms with Crippen LogP contribution in [0.25, 0.3) is 0 Å². The number of ether oxygens (including phenoxy) is 2. The minimum atomic E-state index is -4.84. The number of halogens is 3. The van der Waals surface area contributed by atoms with Gasteiger partial charge >= 0.3 is 6.18 Å². The Balaban J connectivity index is 1.26. The number of pyridine rings is 1. The molecule has 206 valence electrons. The number of carbonyl (C=O) groups is 2. The van der Waals surface area contributed by atoms with E-state index >= 15 is 0 Å². The van der Waals surface area contributed by atoms with E-state index in [4.69, 9.17) is 9.47 Å². The van der Waals surface area contributed by atoms with E-state index in [1.807, 2.05) is 0 Å². The first-order chi connectivity index (χ1) is 18.0. The highest BCUT2D eigenvalue weighted by Crippen LogP contribution is 2.34. The molecule has 1 fully saturated rings. The first-order valence-electron chi connectivity index (χ1n) is 12.2. The van der Waals surface area contributed by atoms with E-state index in [1.165, 1.54) is 13.1 Å². The van der Waals surface area contributed by atoms with E-state index < -0.39 is 29.0 Å². The fourth-order valence-corrected chi connectivity index (χ4v) is 4.54. The maximum absolute atomic E-state index is 13.2. The number of piperazine rings is 1. The third-order valence-electron chi connectivity index (χ3n) is 6.43. The smallest absolute Gasteiger partial charge is 0.423 e. The van der Waals surface area contributed by atoms with Crippen molar-refractivity contribution in [2.24, 2.45) is 0 Å². The Hall–Kier alpha value is -3.68. The number of nitrogens with zero attached hydrogens (tertiary/aromatic N) is 4. The highest BCUT2D eigenvalue weighted by atomic mass is 19.4. The molecule has 2 N–H and O–H groups in total. The van der Waals surface area contributed by atoms with E-state index in [9.17, 15) is 27.6 Å². The van der Waals surface area contributed by atoms with Crippen LogP contribution in [0.3, 0.4) is 0 Å². The summed E-state index contributed by atoms with van der Waals surface area (Å²) in [4.78, 5) is 44.4. The Kier molecular flexibility index (Phi) is 8.19. The van der Waals surface area contributed by atoms with Crippen LogP contribution in [0.2, 0.25) is 0 Å². The average Bonchev–Trinajstić information content (AvgIpc) is 3.04. The second kappa shape index (κ2) is 11.4. The molecule has 2 aliphatic heterocycles. The Morgan fingerprint density at radius 1 is 1.32 bits per heavy atom. The Bertz CT molecular complexity index is 1240. The molecule has 1 amide bonds. The first kappa shape index (κ1) is 27.4. The summed E-state index contributed by atoms with van der Waals surface area (Å²) in [6, 6.07) is 1.15. The third kappa shape index (κ3) is 6.23. The fraction of sp³-hybridized carbons (Fsp3) is 0.542. The van der Waals surface area contributed by atoms with Crippen LogP contribution in [0.5, 0.6) is 5.75 Å². The highest BCUT2D eigenvalue weighted by Gasteiger charge is 2.38. The molecule has 38 heavy (non-hydrogen) atoms. The molecule has 0 unspecified atom stereocenters. The minimum Gasteiger partial charge on any atom is -0.490 e. The summed E-state index contributed by atoms with van der Waals surface area (Å²) in [5.74, 6) is 1.05. The number of nitrogens with one attached hydrogen (secondary N) is 2. The maximum Gasteiger partial charge on any atom is 0.423 e. The SMILES string of the molecule is CC(=O)c1cnc2c(c1)OCC[C@@H]1CN(C(=O)CCOC[C@H](C)Nc3cn[nH]c(=O)c3C(F)(F)F)CCN21. The van der Waals surface area contributed by atoms with Crippen LogP contribution in [-0.2, 0) is 15.7 Å². The number of hydrogen-bond acceptors (Lipinski definition) is 9. The first-order valence-corrected chi connectivity index (χ1v) is 12.2. The molecule has 4 heterocycles. The topological polar surface area (TPSA) is 130 Å². The predicted octanol–water partition coefficient (Wildman–Crippen LogP) is 2.09. The van der Waals surface area contributed by atoms with Gasteiger partial charge in [0, 0.05) is 43.9 Å². The summed E-state index contributed by atoms with van der Waals surface area (Å²) in [5, 5.41) is 7.80. The Labute approximate surface area is 216 Å². The lowest BCUT2D eigenvalue weighted by molar-refractivity contribution is -0.138. The molecule has 2 aliphatic rings. The molecule has 0 spiro atoms. The molecule has 2 aromatic rings. The summed E-state index contributed by atoms with van der Waals surface area (Å²) < 4.78 is 50.9. The zero-order valence-corrected chi connectivity index (χ0v) is 21.0. The number of anilines is 2. The number of Topliss-reactive ketones (excluding diaryl/α,β-unsaturated/α-hetero) is 1. The zero-order chi connectivity index (χ0) is 27.4. The lowest BCUT2D eigenvalue weighted by Gasteiger charge is -2.41. The van der Waals surface area contributed by atoms with Gasteiger partial charge < -0.3 is 24.6 Å². The average molecular weight is 539 g/mol. The summed E-state index contributed by atoms with van der Waals surface area (Å²) in [6.07, 6.45) is -1.60. The molecule has 0 bridgehead atoms. The van der Waals surface area contributed by atoms with Crippen molar-refractivity contribution in [3.8, 4) is 5.75 Å². The van der Waals surface area contributed by atoms with Gasteiger partial charge in [0.1, 0.15) is 5.56 Å². The van der Waals surface area contributed by atoms with Gasteiger partial charge in [0.15, 0.2) is 17.4 Å². The van der Waals surface area contributed by atoms with Gasteiger partial charge in [-0.25, -0.2) is 10.1 Å². The summed E-state index contributed by atoms with van der Waals surface area (Å²) >= 11 is 0. The summed E-state index contributed by atoms with van der Waals surface area (Å²) in [5.41, 5.74) is -2.64. The van der Waals surface area contributed by atoms with Crippen molar-refractivity contribution in [2.75, 3.05) is 49.7 Å². The zero-order valence-electron chi connectivity index (χ0n) is 21.0. The van der Waals surface area contributed by atoms with Gasteiger partial charge in [-0.2, -0.15) is 18.3 Å². The molecule has 0 saturated carbocycles. The van der Waals surface area contributed by atoms with Crippen LogP contribution in [0.15, 0.2) is 23.3 Å². The molecule has 1 saturated heterocycles. The number of H-pyrrole nitrogens is 1. The van der Waals surface area contributed by atoms with Crippen molar-refractivity contribution >= 4 is 23.2 Å². The summed E-state index contributed by atoms with van der Waals surface area (Å²) in [6.45, 7) is 5.16. The lowest BCUT2D eigenvalue weighted by Crippen LogP contribution is -2.55. The Morgan fingerprint density at radius 2 is 2.11 bits per heavy atom. The monoisotopic (exact) mass is 538 g/mol. The van der Waals surface area contributed by atoms with Crippen molar-refractivity contribution < 1.29 is 32.2 Å². The van der Waals surface area contributed by atoms with Gasteiger partial charge in [-0.1, -0.05) is 0 Å². The van der Waals surface area contributed by atoms with Crippen LogP contribution < -0.4 is 20.5 Å². The maximum atomic E-state index is 13.2. The van der Waals surface area contributed by atoms with Crippen molar-refractivity contribution in [1.82, 2.24) is 20.1 Å². The predicted molar refractivity (Wildman–Crippen MR) is 130 cm³/mol. The van der Waals surface area contributed by atoms with Gasteiger partial charge in [0.05, 0.1) is 44.2 Å². The molecule has 2 aromatic heterocycles. The molecule has 0 aliphatic carbocycles. The normalized spacial score (nSPS) is 18.1. The molecule has 0 aromatic carbocycles. The molecule has 11 nitrogen and oxygen atoms in total. The van der Waals surface area contributed by atoms with E-state index in [0.29, 0.717) is 49.8 Å². The van der Waals surface area contributed by atoms with Gasteiger partial charge in [-0.05, 0) is 19.9 Å². The van der Waals surface area contributed by atoms with Crippen LogP contribution in [0, 0.1) is 0 Å². The van der Waals surface area contributed by atoms with Crippen molar-refractivity contribution in [3.05, 3.63) is 39.9 Å². The number of fused-ring (bicyclic) bond motifs is 3. The standard InChI is InChI=1S/C24H29F3N6O5/c1-14(30-18-11-29-31-23(36)21(18)24(25,26)27)13-37-7-4-20(35)32-5-6-33-17(12-32)3-8-38-19-9-16(15(2)34)10-28-22(19)33/h9-11,14,17H,3-8,12-13H2,1-2H3,(H2,30,31,36)/t14-,17+/m0/s1. The van der Waals surface area contributed by atoms with E-state index in [-0.39, 0.29) is 37.4 Å². The third-order valence-corrected chi connectivity index (χ3v) is 6.43. The molecule has 14 heteroatoms. The van der Waals surface area contributed by atoms with Gasteiger partial charge in [0.2, 0.25) is 5.91 Å².